The van der Waals surface area contributed by atoms with Crippen molar-refractivity contribution in [1.82, 2.24) is 0 Å². The number of benzene rings is 2. The van der Waals surface area contributed by atoms with Crippen LogP contribution in [0.4, 0.5) is 11.4 Å². The molecule has 0 bridgehead atoms. The fourth-order valence-corrected chi connectivity index (χ4v) is 2.34. The molecular formula is C20H24N2O3. The first kappa shape index (κ1) is 18.5. The molecular weight excluding hydrogens is 316 g/mol. The standard InChI is InChI=1S/C20H24N2O3/c1-4-25-20(24)17-7-5-6-8-18(17)22-19(23)13-21-16-11-9-15(10-12-16)14(2)3/h5-12,14,21H,4,13H2,1-3H3,(H,22,23). The molecule has 5 heteroatoms. The van der Waals surface area contributed by atoms with Crippen molar-refractivity contribution in [3.63, 3.8) is 0 Å². The SMILES string of the molecule is CCOC(=O)c1ccccc1NC(=O)CNc1ccc(C(C)C)cc1. The number of para-hydroxylation sites is 1. The van der Waals surface area contributed by atoms with Crippen molar-refractivity contribution >= 4 is 23.3 Å². The minimum atomic E-state index is -0.448. The molecule has 1 amide bonds. The van der Waals surface area contributed by atoms with Gasteiger partial charge in [-0.3, -0.25) is 4.79 Å². The monoisotopic (exact) mass is 340 g/mol. The summed E-state index contributed by atoms with van der Waals surface area (Å²) in [7, 11) is 0. The van der Waals surface area contributed by atoms with Crippen LogP contribution in [-0.4, -0.2) is 25.0 Å². The van der Waals surface area contributed by atoms with E-state index >= 15 is 0 Å². The Labute approximate surface area is 148 Å². The molecule has 0 aliphatic heterocycles. The normalized spacial score (nSPS) is 10.4. The van der Waals surface area contributed by atoms with Crippen LogP contribution in [0.2, 0.25) is 0 Å². The number of carbonyl (C=O) groups excluding carboxylic acids is 2. The molecule has 0 spiro atoms. The van der Waals surface area contributed by atoms with Crippen LogP contribution in [0.15, 0.2) is 48.5 Å². The molecule has 2 aromatic carbocycles. The molecule has 0 atom stereocenters. The smallest absolute Gasteiger partial charge is 0.340 e. The van der Waals surface area contributed by atoms with E-state index in [0.29, 0.717) is 17.2 Å². The van der Waals surface area contributed by atoms with Crippen LogP contribution in [0.3, 0.4) is 0 Å². The summed E-state index contributed by atoms with van der Waals surface area (Å²) in [6, 6.07) is 14.8. The zero-order valence-corrected chi connectivity index (χ0v) is 14.8. The summed E-state index contributed by atoms with van der Waals surface area (Å²) in [5.41, 5.74) is 2.92. The summed E-state index contributed by atoms with van der Waals surface area (Å²) < 4.78 is 5.00. The van der Waals surface area contributed by atoms with E-state index in [1.165, 1.54) is 5.56 Å². The highest BCUT2D eigenvalue weighted by molar-refractivity contribution is 6.02. The largest absolute Gasteiger partial charge is 0.462 e. The van der Waals surface area contributed by atoms with Crippen LogP contribution in [0, 0.1) is 0 Å². The summed E-state index contributed by atoms with van der Waals surface area (Å²) in [6.07, 6.45) is 0. The Morgan fingerprint density at radius 2 is 1.72 bits per heavy atom. The lowest BCUT2D eigenvalue weighted by molar-refractivity contribution is -0.114. The lowest BCUT2D eigenvalue weighted by Gasteiger charge is -2.12. The predicted molar refractivity (Wildman–Crippen MR) is 100 cm³/mol. The van der Waals surface area contributed by atoms with Crippen LogP contribution in [0.5, 0.6) is 0 Å². The molecule has 0 heterocycles. The third-order valence-electron chi connectivity index (χ3n) is 3.73. The van der Waals surface area contributed by atoms with Crippen LogP contribution >= 0.6 is 0 Å². The number of nitrogens with one attached hydrogen (secondary N) is 2. The number of anilines is 2. The van der Waals surface area contributed by atoms with Gasteiger partial charge in [0.05, 0.1) is 24.4 Å². The minimum absolute atomic E-state index is 0.109. The summed E-state index contributed by atoms with van der Waals surface area (Å²) in [6.45, 7) is 6.41. The fourth-order valence-electron chi connectivity index (χ4n) is 2.34. The molecule has 0 aliphatic rings. The molecule has 2 aromatic rings. The molecule has 0 aromatic heterocycles. The van der Waals surface area contributed by atoms with Gasteiger partial charge in [0.25, 0.3) is 0 Å². The van der Waals surface area contributed by atoms with E-state index in [2.05, 4.69) is 24.5 Å². The second kappa shape index (κ2) is 8.87. The molecule has 0 fully saturated rings. The molecule has 132 valence electrons. The van der Waals surface area contributed by atoms with Crippen LogP contribution in [-0.2, 0) is 9.53 Å². The average molecular weight is 340 g/mol. The van der Waals surface area contributed by atoms with Gasteiger partial charge in [-0.25, -0.2) is 4.79 Å². The number of ether oxygens (including phenoxy) is 1. The van der Waals surface area contributed by atoms with E-state index in [-0.39, 0.29) is 19.1 Å². The van der Waals surface area contributed by atoms with Gasteiger partial charge in [-0.1, -0.05) is 38.1 Å². The summed E-state index contributed by atoms with van der Waals surface area (Å²) in [5.74, 6) is -0.211. The molecule has 2 N–H and O–H groups in total. The van der Waals surface area contributed by atoms with Gasteiger partial charge in [-0.2, -0.15) is 0 Å². The second-order valence-electron chi connectivity index (χ2n) is 5.94. The Bertz CT molecular complexity index is 724. The van der Waals surface area contributed by atoms with Crippen molar-refractivity contribution in [2.24, 2.45) is 0 Å². The second-order valence-corrected chi connectivity index (χ2v) is 5.94. The van der Waals surface area contributed by atoms with Crippen LogP contribution in [0.1, 0.15) is 42.6 Å². The van der Waals surface area contributed by atoms with Gasteiger partial charge in [0.1, 0.15) is 0 Å². The van der Waals surface area contributed by atoms with E-state index in [1.807, 2.05) is 24.3 Å². The van der Waals surface area contributed by atoms with E-state index in [1.54, 1.807) is 31.2 Å². The molecule has 5 nitrogen and oxygen atoms in total. The topological polar surface area (TPSA) is 67.4 Å². The summed E-state index contributed by atoms with van der Waals surface area (Å²) in [5, 5.41) is 5.82. The maximum absolute atomic E-state index is 12.2. The molecule has 25 heavy (non-hydrogen) atoms. The fraction of sp³-hybridized carbons (Fsp3) is 0.300. The average Bonchev–Trinajstić information content (AvgIpc) is 2.61. The minimum Gasteiger partial charge on any atom is -0.462 e. The highest BCUT2D eigenvalue weighted by atomic mass is 16.5. The van der Waals surface area contributed by atoms with Crippen LogP contribution in [0.25, 0.3) is 0 Å². The zero-order chi connectivity index (χ0) is 18.2. The highest BCUT2D eigenvalue weighted by Crippen LogP contribution is 2.18. The lowest BCUT2D eigenvalue weighted by Crippen LogP contribution is -2.23. The van der Waals surface area contributed by atoms with Gasteiger partial charge in [0.2, 0.25) is 5.91 Å². The zero-order valence-electron chi connectivity index (χ0n) is 14.8. The molecule has 0 aliphatic carbocycles. The van der Waals surface area contributed by atoms with Crippen molar-refractivity contribution in [2.45, 2.75) is 26.7 Å². The van der Waals surface area contributed by atoms with Gasteiger partial charge in [0.15, 0.2) is 0 Å². The Hall–Kier alpha value is -2.82. The molecule has 2 rings (SSSR count). The van der Waals surface area contributed by atoms with Gasteiger partial charge in [-0.05, 0) is 42.7 Å². The summed E-state index contributed by atoms with van der Waals surface area (Å²) >= 11 is 0. The Kier molecular flexibility index (Phi) is 6.57. The number of amides is 1. The van der Waals surface area contributed by atoms with Crippen molar-refractivity contribution in [3.05, 3.63) is 59.7 Å². The number of esters is 1. The molecule has 0 radical (unpaired) electrons. The van der Waals surface area contributed by atoms with Crippen molar-refractivity contribution in [2.75, 3.05) is 23.8 Å². The van der Waals surface area contributed by atoms with Gasteiger partial charge in [0, 0.05) is 5.69 Å². The van der Waals surface area contributed by atoms with Gasteiger partial charge >= 0.3 is 5.97 Å². The predicted octanol–water partition coefficient (Wildman–Crippen LogP) is 4.04. The first-order valence-electron chi connectivity index (χ1n) is 8.41. The van der Waals surface area contributed by atoms with Crippen molar-refractivity contribution in [3.8, 4) is 0 Å². The van der Waals surface area contributed by atoms with Crippen molar-refractivity contribution in [1.29, 1.82) is 0 Å². The van der Waals surface area contributed by atoms with E-state index in [9.17, 15) is 9.59 Å². The summed E-state index contributed by atoms with van der Waals surface area (Å²) in [4.78, 5) is 24.1. The van der Waals surface area contributed by atoms with E-state index < -0.39 is 5.97 Å². The Morgan fingerprint density at radius 3 is 2.36 bits per heavy atom. The van der Waals surface area contributed by atoms with Gasteiger partial charge in [-0.15, -0.1) is 0 Å². The molecule has 0 unspecified atom stereocenters. The third-order valence-corrected chi connectivity index (χ3v) is 3.73. The number of hydrogen-bond acceptors (Lipinski definition) is 4. The van der Waals surface area contributed by atoms with Crippen LogP contribution < -0.4 is 10.6 Å². The van der Waals surface area contributed by atoms with Gasteiger partial charge < -0.3 is 15.4 Å². The lowest BCUT2D eigenvalue weighted by atomic mass is 10.0. The highest BCUT2D eigenvalue weighted by Gasteiger charge is 2.13. The Morgan fingerprint density at radius 1 is 1.04 bits per heavy atom. The first-order chi connectivity index (χ1) is 12.0. The maximum atomic E-state index is 12.2. The molecule has 0 saturated carbocycles. The molecule has 0 saturated heterocycles. The quantitative estimate of drug-likeness (QED) is 0.747. The number of carbonyl (C=O) groups is 2. The number of rotatable bonds is 7. The first-order valence-corrected chi connectivity index (χ1v) is 8.41. The third kappa shape index (κ3) is 5.35. The van der Waals surface area contributed by atoms with E-state index in [0.717, 1.165) is 5.69 Å². The number of hydrogen-bond donors (Lipinski definition) is 2. The Balaban J connectivity index is 1.95. The van der Waals surface area contributed by atoms with E-state index in [4.69, 9.17) is 4.74 Å². The maximum Gasteiger partial charge on any atom is 0.340 e. The van der Waals surface area contributed by atoms with Crippen molar-refractivity contribution < 1.29 is 14.3 Å².